The molecule has 18 rings (SSSR count). The molecule has 0 spiro atoms. The van der Waals surface area contributed by atoms with Gasteiger partial charge in [0, 0.05) is 72.5 Å². The van der Waals surface area contributed by atoms with E-state index in [2.05, 4.69) is 400 Å². The van der Waals surface area contributed by atoms with Crippen LogP contribution in [-0.2, 0) is 27.1 Å². The fraction of sp³-hybridized carbons (Fsp3) is 0.196. The number of fused-ring (bicyclic) bond motifs is 12. The highest BCUT2D eigenvalue weighted by Crippen LogP contribution is 2.56. The number of hydrogen-bond donors (Lipinski definition) is 0. The summed E-state index contributed by atoms with van der Waals surface area (Å²) in [6.45, 7) is 33.1. The van der Waals surface area contributed by atoms with E-state index in [1.165, 1.54) is 127 Å². The first-order valence-electron chi connectivity index (χ1n) is 36.9. The fourth-order valence-electron chi connectivity index (χ4n) is 17.2. The number of nitrogens with zero attached hydrogens (tertiary/aromatic N) is 5. The van der Waals surface area contributed by atoms with Crippen LogP contribution in [0.2, 0.25) is 0 Å². The number of hydrogen-bond acceptors (Lipinski definition) is 3. The van der Waals surface area contributed by atoms with Crippen molar-refractivity contribution in [3.05, 3.63) is 312 Å². The third-order valence-corrected chi connectivity index (χ3v) is 22.8. The summed E-state index contributed by atoms with van der Waals surface area (Å²) in [5, 5.41) is 4.91. The highest BCUT2D eigenvalue weighted by molar-refractivity contribution is 7.00. The molecule has 13 aromatic carbocycles. The van der Waals surface area contributed by atoms with Crippen molar-refractivity contribution >= 4 is 118 Å². The van der Waals surface area contributed by atoms with Gasteiger partial charge in [-0.15, -0.1) is 0 Å². The van der Waals surface area contributed by atoms with E-state index in [4.69, 9.17) is 0 Å². The van der Waals surface area contributed by atoms with Crippen LogP contribution in [0.1, 0.15) is 130 Å². The molecule has 0 amide bonds. The van der Waals surface area contributed by atoms with Gasteiger partial charge >= 0.3 is 0 Å². The van der Waals surface area contributed by atoms with Crippen molar-refractivity contribution in [2.45, 2.75) is 124 Å². The molecule has 0 radical (unpaired) electrons. The van der Waals surface area contributed by atoms with E-state index in [0.717, 1.165) is 51.2 Å². The van der Waals surface area contributed by atoms with Crippen LogP contribution in [-0.4, -0.2) is 15.8 Å². The lowest BCUT2D eigenvalue weighted by molar-refractivity contribution is 0.568. The minimum absolute atomic E-state index is 0.174. The minimum atomic E-state index is -0.278. The van der Waals surface area contributed by atoms with E-state index in [1.54, 1.807) is 0 Å². The molecule has 0 saturated heterocycles. The summed E-state index contributed by atoms with van der Waals surface area (Å²) in [6, 6.07) is 107. The lowest BCUT2D eigenvalue weighted by atomic mass is 9.33. The molecule has 15 aromatic rings. The van der Waals surface area contributed by atoms with Gasteiger partial charge in [-0.25, -0.2) is 0 Å². The number of rotatable bonds is 7. The molecular weight excluding hydrogens is 1250 g/mol. The molecule has 0 unspecified atom stereocenters. The quantitative estimate of drug-likeness (QED) is 0.148. The Balaban J connectivity index is 0.989. The Hall–Kier alpha value is -11.1. The van der Waals surface area contributed by atoms with Gasteiger partial charge in [0.15, 0.2) is 0 Å². The summed E-state index contributed by atoms with van der Waals surface area (Å²) in [6.07, 6.45) is 0. The molecular formula is C97H88BN5. The van der Waals surface area contributed by atoms with E-state index in [0.29, 0.717) is 0 Å². The second-order valence-electron chi connectivity index (χ2n) is 33.9. The average Bonchev–Trinajstić information content (AvgIpc) is 0.805. The molecule has 0 aliphatic carbocycles. The van der Waals surface area contributed by atoms with Gasteiger partial charge in [0.25, 0.3) is 6.71 Å². The van der Waals surface area contributed by atoms with E-state index in [1.807, 2.05) is 0 Å². The highest BCUT2D eigenvalue weighted by Gasteiger charge is 2.46. The van der Waals surface area contributed by atoms with Crippen LogP contribution in [0.3, 0.4) is 0 Å². The number of aromatic nitrogens is 2. The Labute approximate surface area is 608 Å². The van der Waals surface area contributed by atoms with Gasteiger partial charge in [0.05, 0.1) is 39.1 Å². The van der Waals surface area contributed by atoms with Crippen LogP contribution in [0.25, 0.3) is 77.2 Å². The van der Waals surface area contributed by atoms with Gasteiger partial charge in [0.2, 0.25) is 0 Å². The topological polar surface area (TPSA) is 19.6 Å². The first kappa shape index (κ1) is 64.1. The number of para-hydroxylation sites is 4. The van der Waals surface area contributed by atoms with Gasteiger partial charge in [-0.05, 0) is 203 Å². The standard InChI is InChI=1S/C97H88BN5/c1-93(2,3)65-51-66(94(4,5)6)54-71(53-65)102-88-57-69(99-82-37-25-21-33-74(82)76-49-63(41-47-84(76)99)61-29-17-15-18-30-61)43-45-80(88)98-81-46-44-70(100-83-38-26-22-34-75(83)77-50-64(42-48-85(77)100)62-31-19-16-20-32-62)58-89(81)103(72-55-67(95(7,8)9)52-68(56-72)96(10,11)12)91-60-73(59-90(102)92(91)98)101-86-39-27-23-35-78(86)97(13,14)79-36-24-28-40-87(79)101/h15-60H,1-14H3. The van der Waals surface area contributed by atoms with E-state index >= 15 is 0 Å². The Morgan fingerprint density at radius 2 is 0.583 bits per heavy atom. The molecule has 3 aliphatic heterocycles. The third-order valence-electron chi connectivity index (χ3n) is 22.8. The number of benzene rings is 13. The van der Waals surface area contributed by atoms with Gasteiger partial charge < -0.3 is 23.8 Å². The van der Waals surface area contributed by atoms with E-state index in [9.17, 15) is 0 Å². The van der Waals surface area contributed by atoms with Crippen LogP contribution in [0, 0.1) is 0 Å². The van der Waals surface area contributed by atoms with Crippen molar-refractivity contribution in [3.8, 4) is 33.6 Å². The van der Waals surface area contributed by atoms with Crippen LogP contribution < -0.4 is 31.1 Å². The largest absolute Gasteiger partial charge is 0.311 e. The van der Waals surface area contributed by atoms with Gasteiger partial charge in [-0.1, -0.05) is 267 Å². The monoisotopic (exact) mass is 1330 g/mol. The minimum Gasteiger partial charge on any atom is -0.311 e. The molecule has 0 bridgehead atoms. The molecule has 0 atom stereocenters. The number of anilines is 9. The van der Waals surface area contributed by atoms with Crippen LogP contribution >= 0.6 is 0 Å². The second kappa shape index (κ2) is 23.0. The van der Waals surface area contributed by atoms with Crippen LogP contribution in [0.15, 0.2) is 279 Å². The molecule has 5 nitrogen and oxygen atoms in total. The Morgan fingerprint density at radius 3 is 0.981 bits per heavy atom. The Morgan fingerprint density at radius 1 is 0.252 bits per heavy atom. The molecule has 504 valence electrons. The molecule has 0 fully saturated rings. The predicted octanol–water partition coefficient (Wildman–Crippen LogP) is 24.6. The molecule has 103 heavy (non-hydrogen) atoms. The van der Waals surface area contributed by atoms with Crippen molar-refractivity contribution in [2.24, 2.45) is 0 Å². The van der Waals surface area contributed by atoms with E-state index in [-0.39, 0.29) is 33.8 Å². The summed E-state index contributed by atoms with van der Waals surface area (Å²) in [5.74, 6) is 0. The first-order chi connectivity index (χ1) is 49.4. The zero-order valence-corrected chi connectivity index (χ0v) is 61.9. The zero-order chi connectivity index (χ0) is 71.0. The summed E-state index contributed by atoms with van der Waals surface area (Å²) in [5.41, 5.74) is 32.7. The third kappa shape index (κ3) is 10.2. The van der Waals surface area contributed by atoms with Crippen molar-refractivity contribution in [2.75, 3.05) is 14.7 Å². The molecule has 3 aliphatic rings. The summed E-state index contributed by atoms with van der Waals surface area (Å²) < 4.78 is 5.05. The lowest BCUT2D eigenvalue weighted by Crippen LogP contribution is -2.61. The first-order valence-corrected chi connectivity index (χ1v) is 36.9. The lowest BCUT2D eigenvalue weighted by Gasteiger charge is -2.47. The van der Waals surface area contributed by atoms with Crippen molar-refractivity contribution < 1.29 is 0 Å². The summed E-state index contributed by atoms with van der Waals surface area (Å²) >= 11 is 0. The fourth-order valence-corrected chi connectivity index (χ4v) is 17.2. The van der Waals surface area contributed by atoms with Gasteiger partial charge in [0.1, 0.15) is 0 Å². The van der Waals surface area contributed by atoms with Gasteiger partial charge in [-0.3, -0.25) is 0 Å². The van der Waals surface area contributed by atoms with E-state index < -0.39 is 0 Å². The Kier molecular flexibility index (Phi) is 14.3. The van der Waals surface area contributed by atoms with Crippen molar-refractivity contribution in [1.82, 2.24) is 9.13 Å². The van der Waals surface area contributed by atoms with Crippen molar-refractivity contribution in [1.29, 1.82) is 0 Å². The molecule has 2 aromatic heterocycles. The molecule has 0 N–H and O–H groups in total. The molecule has 6 heteroatoms. The smallest absolute Gasteiger partial charge is 0.252 e. The van der Waals surface area contributed by atoms with Crippen LogP contribution in [0.4, 0.5) is 51.2 Å². The summed E-state index contributed by atoms with van der Waals surface area (Å²) in [7, 11) is 0. The predicted molar refractivity (Wildman–Crippen MR) is 442 cm³/mol. The average molecular weight is 1330 g/mol. The van der Waals surface area contributed by atoms with Gasteiger partial charge in [-0.2, -0.15) is 0 Å². The van der Waals surface area contributed by atoms with Crippen molar-refractivity contribution in [3.63, 3.8) is 0 Å². The normalized spacial score (nSPS) is 14.1. The summed E-state index contributed by atoms with van der Waals surface area (Å²) in [4.78, 5) is 7.99. The highest BCUT2D eigenvalue weighted by atomic mass is 15.2. The molecule has 5 heterocycles. The maximum Gasteiger partial charge on any atom is 0.252 e. The molecule has 0 saturated carbocycles. The maximum atomic E-state index is 2.70. The maximum absolute atomic E-state index is 2.70. The van der Waals surface area contributed by atoms with Crippen LogP contribution in [0.5, 0.6) is 0 Å². The second-order valence-corrected chi connectivity index (χ2v) is 33.9. The SMILES string of the molecule is CC(C)(C)c1cc(N2c3cc(-n4c5ccccc5c5cc(-c6ccccc6)ccc54)ccc3B3c4ccc(-n5c6ccccc6c6cc(-c7ccccc7)ccc65)cc4N(c4cc(C(C)(C)C)cc(C(C)(C)C)c4)c4cc(N5c6ccccc6C(C)(C)c6ccccc65)cc2c43)cc(C(C)(C)C)c1. The Bertz CT molecular complexity index is 5550. The zero-order valence-electron chi connectivity index (χ0n) is 61.9.